The van der Waals surface area contributed by atoms with Crippen molar-refractivity contribution in [2.24, 2.45) is 4.99 Å². The lowest BCUT2D eigenvalue weighted by Gasteiger charge is -2.26. The molecule has 200 valence electrons. The molecule has 1 unspecified atom stereocenters. The van der Waals surface area contributed by atoms with Gasteiger partial charge in [0, 0.05) is 5.56 Å². The summed E-state index contributed by atoms with van der Waals surface area (Å²) in [5.41, 5.74) is 1.90. The van der Waals surface area contributed by atoms with E-state index in [9.17, 15) is 9.59 Å². The van der Waals surface area contributed by atoms with E-state index < -0.39 is 12.0 Å². The van der Waals surface area contributed by atoms with Gasteiger partial charge < -0.3 is 18.9 Å². The number of hydrogen-bond donors (Lipinski definition) is 0. The number of carbonyl (C=O) groups excluding carboxylic acids is 1. The number of para-hydroxylation sites is 1. The molecule has 0 saturated heterocycles. The van der Waals surface area contributed by atoms with Gasteiger partial charge in [-0.05, 0) is 66.0 Å². The predicted octanol–water partition coefficient (Wildman–Crippen LogP) is 4.37. The number of esters is 1. The van der Waals surface area contributed by atoms with Crippen LogP contribution in [0.25, 0.3) is 6.08 Å². The van der Waals surface area contributed by atoms with Crippen LogP contribution >= 0.6 is 27.3 Å². The Kier molecular flexibility index (Phi) is 8.73. The molecule has 4 rings (SSSR count). The van der Waals surface area contributed by atoms with E-state index in [0.29, 0.717) is 45.3 Å². The minimum absolute atomic E-state index is 0.268. The van der Waals surface area contributed by atoms with E-state index in [4.69, 9.17) is 18.9 Å². The number of ether oxygens (including phenoxy) is 4. The highest BCUT2D eigenvalue weighted by atomic mass is 79.9. The zero-order valence-corrected chi connectivity index (χ0v) is 24.3. The van der Waals surface area contributed by atoms with Gasteiger partial charge in [-0.15, -0.1) is 0 Å². The molecule has 0 saturated carbocycles. The Morgan fingerprint density at radius 1 is 1.16 bits per heavy atom. The molecule has 1 aliphatic heterocycles. The Morgan fingerprint density at radius 3 is 2.61 bits per heavy atom. The quantitative estimate of drug-likeness (QED) is 0.339. The molecule has 10 heteroatoms. The van der Waals surface area contributed by atoms with Crippen molar-refractivity contribution in [3.8, 4) is 17.2 Å². The van der Waals surface area contributed by atoms with Crippen molar-refractivity contribution in [1.82, 2.24) is 4.57 Å². The zero-order valence-electron chi connectivity index (χ0n) is 21.9. The average molecular weight is 602 g/mol. The third kappa shape index (κ3) is 5.28. The molecule has 0 fully saturated rings. The Labute approximate surface area is 233 Å². The minimum Gasteiger partial charge on any atom is -0.493 e. The summed E-state index contributed by atoms with van der Waals surface area (Å²) in [4.78, 5) is 32.0. The van der Waals surface area contributed by atoms with E-state index in [1.54, 1.807) is 26.2 Å². The average Bonchev–Trinajstić information content (AvgIpc) is 3.21. The van der Waals surface area contributed by atoms with Gasteiger partial charge in [-0.3, -0.25) is 9.36 Å². The number of nitrogens with zero attached hydrogens (tertiary/aromatic N) is 2. The summed E-state index contributed by atoms with van der Waals surface area (Å²) < 4.78 is 25.2. The van der Waals surface area contributed by atoms with Crippen molar-refractivity contribution in [2.75, 3.05) is 27.4 Å². The molecule has 3 aromatic rings. The molecular weight excluding hydrogens is 572 g/mol. The highest BCUT2D eigenvalue weighted by molar-refractivity contribution is 9.10. The largest absolute Gasteiger partial charge is 0.493 e. The fourth-order valence-electron chi connectivity index (χ4n) is 4.29. The number of carbonyl (C=O) groups is 1. The van der Waals surface area contributed by atoms with Gasteiger partial charge in [0.05, 0.1) is 47.7 Å². The molecule has 38 heavy (non-hydrogen) atoms. The van der Waals surface area contributed by atoms with Gasteiger partial charge in [-0.1, -0.05) is 36.5 Å². The number of methoxy groups -OCH3 is 2. The van der Waals surface area contributed by atoms with Crippen LogP contribution in [0.3, 0.4) is 0 Å². The van der Waals surface area contributed by atoms with Crippen molar-refractivity contribution in [3.63, 3.8) is 0 Å². The first kappa shape index (κ1) is 27.7. The standard InChI is InChI=1S/C28H29BrN2O6S/c1-6-13-37-25-18(9-8-10-21(25)34-4)24-23(27(33)35-5)16(3)30-28-31(24)26(32)22(38-28)15-17-11-12-20(36-7-2)19(29)14-17/h8-12,14-15,24H,6-7,13H2,1-5H3/b22-15-. The van der Waals surface area contributed by atoms with Gasteiger partial charge in [0.1, 0.15) is 11.8 Å². The SMILES string of the molecule is CCCOc1c(OC)cccc1C1C(C(=O)OC)=C(C)N=c2s/c(=C\c3ccc(OCC)c(Br)c3)c(=O)n21. The van der Waals surface area contributed by atoms with E-state index in [0.717, 1.165) is 22.2 Å². The molecule has 0 spiro atoms. The highest BCUT2D eigenvalue weighted by Crippen LogP contribution is 2.40. The lowest BCUT2D eigenvalue weighted by atomic mass is 9.94. The molecule has 1 aliphatic rings. The molecule has 2 heterocycles. The lowest BCUT2D eigenvalue weighted by Crippen LogP contribution is -2.40. The van der Waals surface area contributed by atoms with Gasteiger partial charge in [0.25, 0.3) is 5.56 Å². The second-order valence-electron chi connectivity index (χ2n) is 8.42. The topological polar surface area (TPSA) is 88.4 Å². The first-order valence-electron chi connectivity index (χ1n) is 12.2. The number of rotatable bonds is 9. The molecular formula is C28H29BrN2O6S. The number of benzene rings is 2. The van der Waals surface area contributed by atoms with Crippen LogP contribution in [0.2, 0.25) is 0 Å². The first-order valence-corrected chi connectivity index (χ1v) is 13.8. The number of thiazole rings is 1. The molecule has 0 radical (unpaired) electrons. The van der Waals surface area contributed by atoms with Crippen molar-refractivity contribution < 1.29 is 23.7 Å². The Balaban J connectivity index is 1.96. The smallest absolute Gasteiger partial charge is 0.338 e. The summed E-state index contributed by atoms with van der Waals surface area (Å²) in [5.74, 6) is 1.14. The van der Waals surface area contributed by atoms with Crippen LogP contribution in [0.1, 0.15) is 44.4 Å². The molecule has 0 amide bonds. The van der Waals surface area contributed by atoms with Crippen LogP contribution < -0.4 is 29.1 Å². The van der Waals surface area contributed by atoms with Gasteiger partial charge >= 0.3 is 5.97 Å². The monoisotopic (exact) mass is 600 g/mol. The molecule has 2 aromatic carbocycles. The molecule has 0 bridgehead atoms. The van der Waals surface area contributed by atoms with Crippen LogP contribution in [0.5, 0.6) is 17.2 Å². The van der Waals surface area contributed by atoms with Gasteiger partial charge in [-0.2, -0.15) is 0 Å². The fraction of sp³-hybridized carbons (Fsp3) is 0.321. The second-order valence-corrected chi connectivity index (χ2v) is 10.3. The van der Waals surface area contributed by atoms with E-state index >= 15 is 0 Å². The molecule has 0 aliphatic carbocycles. The van der Waals surface area contributed by atoms with Crippen LogP contribution in [0, 0.1) is 0 Å². The van der Waals surface area contributed by atoms with Crippen LogP contribution in [-0.2, 0) is 9.53 Å². The summed E-state index contributed by atoms with van der Waals surface area (Å²) in [5, 5.41) is 0. The van der Waals surface area contributed by atoms with E-state index in [1.807, 2.05) is 44.2 Å². The summed E-state index contributed by atoms with van der Waals surface area (Å²) in [6, 6.07) is 10.3. The predicted molar refractivity (Wildman–Crippen MR) is 150 cm³/mol. The molecule has 1 atom stereocenters. The van der Waals surface area contributed by atoms with E-state index in [2.05, 4.69) is 20.9 Å². The summed E-state index contributed by atoms with van der Waals surface area (Å²) in [7, 11) is 2.87. The minimum atomic E-state index is -0.810. The van der Waals surface area contributed by atoms with Gasteiger partial charge in [0.2, 0.25) is 0 Å². The van der Waals surface area contributed by atoms with E-state index in [1.165, 1.54) is 23.0 Å². The normalized spacial score (nSPS) is 15.1. The lowest BCUT2D eigenvalue weighted by molar-refractivity contribution is -0.136. The maximum absolute atomic E-state index is 13.9. The maximum atomic E-state index is 13.9. The van der Waals surface area contributed by atoms with Crippen molar-refractivity contribution in [3.05, 3.63) is 83.0 Å². The third-order valence-corrected chi connectivity index (χ3v) is 7.56. The van der Waals surface area contributed by atoms with Crippen LogP contribution in [0.15, 0.2) is 61.9 Å². The Bertz CT molecular complexity index is 1570. The number of allylic oxidation sites excluding steroid dienone is 1. The molecule has 8 nitrogen and oxygen atoms in total. The van der Waals surface area contributed by atoms with Gasteiger partial charge in [0.15, 0.2) is 16.3 Å². The Hall–Kier alpha value is -3.37. The number of hydrogen-bond acceptors (Lipinski definition) is 8. The number of aromatic nitrogens is 1. The molecule has 1 aromatic heterocycles. The highest BCUT2D eigenvalue weighted by Gasteiger charge is 2.35. The third-order valence-electron chi connectivity index (χ3n) is 5.95. The summed E-state index contributed by atoms with van der Waals surface area (Å²) in [6.07, 6.45) is 2.58. The first-order chi connectivity index (χ1) is 18.3. The van der Waals surface area contributed by atoms with E-state index in [-0.39, 0.29) is 11.1 Å². The van der Waals surface area contributed by atoms with Crippen molar-refractivity contribution in [1.29, 1.82) is 0 Å². The van der Waals surface area contributed by atoms with Crippen molar-refractivity contribution in [2.45, 2.75) is 33.2 Å². The second kappa shape index (κ2) is 12.0. The zero-order chi connectivity index (χ0) is 27.4. The number of halogens is 1. The fourth-order valence-corrected chi connectivity index (χ4v) is 5.84. The van der Waals surface area contributed by atoms with Crippen LogP contribution in [0.4, 0.5) is 0 Å². The number of fused-ring (bicyclic) bond motifs is 1. The summed E-state index contributed by atoms with van der Waals surface area (Å²) >= 11 is 4.79. The van der Waals surface area contributed by atoms with Crippen LogP contribution in [-0.4, -0.2) is 38.0 Å². The maximum Gasteiger partial charge on any atom is 0.338 e. The summed E-state index contributed by atoms with van der Waals surface area (Å²) in [6.45, 7) is 6.65. The van der Waals surface area contributed by atoms with Crippen molar-refractivity contribution >= 4 is 39.3 Å². The van der Waals surface area contributed by atoms with Gasteiger partial charge in [-0.25, -0.2) is 9.79 Å². The molecule has 0 N–H and O–H groups in total. The Morgan fingerprint density at radius 2 is 1.95 bits per heavy atom.